The van der Waals surface area contributed by atoms with Gasteiger partial charge in [0.2, 0.25) is 12.3 Å². The fourth-order valence-corrected chi connectivity index (χ4v) is 3.00. The highest BCUT2D eigenvalue weighted by Gasteiger charge is 2.16. The number of carbonyl (C=O) groups is 5. The molecular formula is C29H55N3O6. The predicted octanol–water partition coefficient (Wildman–Crippen LogP) is 5.10. The van der Waals surface area contributed by atoms with Gasteiger partial charge in [0.25, 0.3) is 6.47 Å². The third-order valence-corrected chi connectivity index (χ3v) is 4.33. The fourth-order valence-electron chi connectivity index (χ4n) is 3.00. The number of hydrogen-bond donors (Lipinski definition) is 3. The van der Waals surface area contributed by atoms with Gasteiger partial charge < -0.3 is 30.2 Å². The Hall–Kier alpha value is -3.23. The first-order chi connectivity index (χ1) is 18.1. The average Bonchev–Trinajstić information content (AvgIpc) is 2.87. The Morgan fingerprint density at radius 3 is 1.76 bits per heavy atom. The van der Waals surface area contributed by atoms with Gasteiger partial charge in [-0.2, -0.15) is 0 Å². The highest BCUT2D eigenvalue weighted by molar-refractivity contribution is 5.83. The molecular weight excluding hydrogens is 486 g/mol. The summed E-state index contributed by atoms with van der Waals surface area (Å²) in [5.41, 5.74) is 3.65. The zero-order chi connectivity index (χ0) is 30.9. The normalized spacial score (nSPS) is 9.03. The molecule has 2 amide bonds. The summed E-state index contributed by atoms with van der Waals surface area (Å²) in [6, 6.07) is 5.78. The molecule has 9 nitrogen and oxygen atoms in total. The van der Waals surface area contributed by atoms with E-state index in [0.29, 0.717) is 19.4 Å². The quantitative estimate of drug-likeness (QED) is 0.332. The molecule has 0 aliphatic heterocycles. The summed E-state index contributed by atoms with van der Waals surface area (Å²) in [5.74, 6) is 0.168. The minimum atomic E-state index is -0.437. The highest BCUT2D eigenvalue weighted by atomic mass is 16.3. The van der Waals surface area contributed by atoms with Crippen molar-refractivity contribution in [1.29, 1.82) is 0 Å². The van der Waals surface area contributed by atoms with E-state index in [-0.39, 0.29) is 18.2 Å². The molecule has 1 unspecified atom stereocenters. The smallest absolute Gasteiger partial charge is 0.290 e. The number of aldehydes is 1. The van der Waals surface area contributed by atoms with E-state index in [4.69, 9.17) is 14.7 Å². The lowest BCUT2D eigenvalue weighted by atomic mass is 10.1. The summed E-state index contributed by atoms with van der Waals surface area (Å²) >= 11 is 0. The Kier molecular flexibility index (Phi) is 42.3. The number of nitrogens with one attached hydrogen (secondary N) is 2. The third kappa shape index (κ3) is 29.0. The summed E-state index contributed by atoms with van der Waals surface area (Å²) < 4.78 is 0. The molecule has 9 heteroatoms. The van der Waals surface area contributed by atoms with E-state index in [1.54, 1.807) is 6.92 Å². The van der Waals surface area contributed by atoms with Crippen molar-refractivity contribution in [2.24, 2.45) is 0 Å². The maximum Gasteiger partial charge on any atom is 0.290 e. The predicted molar refractivity (Wildman–Crippen MR) is 159 cm³/mol. The molecule has 1 aromatic carbocycles. The van der Waals surface area contributed by atoms with E-state index in [1.807, 2.05) is 54.7 Å². The number of carbonyl (C=O) groups excluding carboxylic acids is 4. The molecule has 0 radical (unpaired) electrons. The number of rotatable bonds is 11. The Labute approximate surface area is 231 Å². The minimum Gasteiger partial charge on any atom is -0.483 e. The molecule has 1 rings (SSSR count). The lowest BCUT2D eigenvalue weighted by Gasteiger charge is -2.24. The van der Waals surface area contributed by atoms with Crippen LogP contribution >= 0.6 is 0 Å². The standard InChI is InChI=1S/C17H27N3O2.C5H10O.C2H4O.2C2H6.CH2O2/c1-5-7-15(19-12-21)17(22)18-10-11-20(4)16-13(2)8-6-9-14(16)3;1-3-4-5(2)6;1-2-3;2*1-2;2-1-3/h6,8-9,12,15H,5,7,10-11H2,1-4H3,(H,18,22)(H,19,21);3-4H2,1-2H3;2H,1H3;2*1-2H3;1H,(H,2,3). The number of amides is 2. The number of Topliss-reactive ketones (excluding diaryl/α,β-unsaturated/α-hetero) is 1. The lowest BCUT2D eigenvalue weighted by molar-refractivity contribution is -0.125. The van der Waals surface area contributed by atoms with Crippen molar-refractivity contribution in [3.63, 3.8) is 0 Å². The van der Waals surface area contributed by atoms with E-state index in [9.17, 15) is 14.4 Å². The second-order valence-corrected chi connectivity index (χ2v) is 7.37. The zero-order valence-electron chi connectivity index (χ0n) is 25.7. The van der Waals surface area contributed by atoms with Gasteiger partial charge in [0.1, 0.15) is 18.1 Å². The summed E-state index contributed by atoms with van der Waals surface area (Å²) in [6.45, 7) is 20.2. The number of carboxylic acid groups (broad SMARTS) is 1. The van der Waals surface area contributed by atoms with Crippen LogP contribution in [0.1, 0.15) is 92.2 Å². The lowest BCUT2D eigenvalue weighted by Crippen LogP contribution is -2.45. The van der Waals surface area contributed by atoms with Crippen molar-refractivity contribution in [3.8, 4) is 0 Å². The largest absolute Gasteiger partial charge is 0.483 e. The van der Waals surface area contributed by atoms with E-state index in [2.05, 4.69) is 41.5 Å². The van der Waals surface area contributed by atoms with Crippen LogP contribution in [0.3, 0.4) is 0 Å². The van der Waals surface area contributed by atoms with Gasteiger partial charge >= 0.3 is 0 Å². The molecule has 1 atom stereocenters. The monoisotopic (exact) mass is 541 g/mol. The Morgan fingerprint density at radius 2 is 1.45 bits per heavy atom. The number of aryl methyl sites for hydroxylation is 2. The number of nitrogens with zero attached hydrogens (tertiary/aromatic N) is 1. The van der Waals surface area contributed by atoms with E-state index < -0.39 is 6.04 Å². The molecule has 0 bridgehead atoms. The molecule has 222 valence electrons. The van der Waals surface area contributed by atoms with Crippen LogP contribution in [0.5, 0.6) is 0 Å². The van der Waals surface area contributed by atoms with Gasteiger partial charge in [-0.1, -0.05) is 66.2 Å². The van der Waals surface area contributed by atoms with Gasteiger partial charge in [-0.05, 0) is 51.7 Å². The number of anilines is 1. The summed E-state index contributed by atoms with van der Waals surface area (Å²) in [6.07, 6.45) is 4.55. The number of para-hydroxylation sites is 1. The number of likely N-dealkylation sites (N-methyl/N-ethyl adjacent to an activating group) is 1. The van der Waals surface area contributed by atoms with Crippen LogP contribution < -0.4 is 15.5 Å². The van der Waals surface area contributed by atoms with Crippen LogP contribution in [0.4, 0.5) is 5.69 Å². The van der Waals surface area contributed by atoms with E-state index >= 15 is 0 Å². The molecule has 0 saturated carbocycles. The fraction of sp³-hybridized carbons (Fsp3) is 0.621. The molecule has 0 heterocycles. The molecule has 0 fully saturated rings. The second-order valence-electron chi connectivity index (χ2n) is 7.37. The van der Waals surface area contributed by atoms with Crippen molar-refractivity contribution < 1.29 is 29.1 Å². The van der Waals surface area contributed by atoms with E-state index in [1.165, 1.54) is 23.7 Å². The first-order valence-corrected chi connectivity index (χ1v) is 13.3. The minimum absolute atomic E-state index is 0.121. The van der Waals surface area contributed by atoms with Crippen molar-refractivity contribution in [2.45, 2.75) is 101 Å². The molecule has 1 aromatic rings. The number of benzene rings is 1. The molecule has 38 heavy (non-hydrogen) atoms. The molecule has 0 aliphatic rings. The van der Waals surface area contributed by atoms with Gasteiger partial charge in [-0.3, -0.25) is 14.4 Å². The Balaban J connectivity index is -0.000000187. The van der Waals surface area contributed by atoms with Crippen molar-refractivity contribution in [3.05, 3.63) is 29.3 Å². The van der Waals surface area contributed by atoms with Crippen LogP contribution in [-0.4, -0.2) is 62.1 Å². The van der Waals surface area contributed by atoms with Crippen LogP contribution in [0.15, 0.2) is 18.2 Å². The third-order valence-electron chi connectivity index (χ3n) is 4.33. The second kappa shape index (κ2) is 35.9. The first kappa shape index (κ1) is 44.7. The average molecular weight is 542 g/mol. The van der Waals surface area contributed by atoms with E-state index in [0.717, 1.165) is 32.1 Å². The van der Waals surface area contributed by atoms with Crippen LogP contribution in [0.25, 0.3) is 0 Å². The number of hydrogen-bond acceptors (Lipinski definition) is 6. The summed E-state index contributed by atoms with van der Waals surface area (Å²) in [5, 5.41) is 12.3. The zero-order valence-corrected chi connectivity index (χ0v) is 25.7. The van der Waals surface area contributed by atoms with Crippen LogP contribution in [-0.2, 0) is 24.0 Å². The molecule has 0 aliphatic carbocycles. The Bertz CT molecular complexity index is 685. The summed E-state index contributed by atoms with van der Waals surface area (Å²) in [7, 11) is 2.02. The highest BCUT2D eigenvalue weighted by Crippen LogP contribution is 2.22. The van der Waals surface area contributed by atoms with Crippen molar-refractivity contribution in [1.82, 2.24) is 10.6 Å². The first-order valence-electron chi connectivity index (χ1n) is 13.3. The maximum absolute atomic E-state index is 12.0. The SMILES string of the molecule is CC.CC.CC=O.CCCC(C)=O.CCCC(NC=O)C(=O)NCCN(C)c1c(C)cccc1C.O=CO. The van der Waals surface area contributed by atoms with Gasteiger partial charge in [0.15, 0.2) is 0 Å². The van der Waals surface area contributed by atoms with Crippen LogP contribution in [0, 0.1) is 13.8 Å². The van der Waals surface area contributed by atoms with Crippen LogP contribution in [0.2, 0.25) is 0 Å². The molecule has 0 aromatic heterocycles. The number of ketones is 1. The Morgan fingerprint density at radius 1 is 1.00 bits per heavy atom. The molecule has 0 saturated heterocycles. The topological polar surface area (TPSA) is 133 Å². The van der Waals surface area contributed by atoms with Gasteiger partial charge in [0, 0.05) is 32.2 Å². The van der Waals surface area contributed by atoms with Gasteiger partial charge in [-0.25, -0.2) is 0 Å². The maximum atomic E-state index is 12.0. The van der Waals surface area contributed by atoms with Crippen molar-refractivity contribution in [2.75, 3.05) is 25.0 Å². The van der Waals surface area contributed by atoms with Gasteiger partial charge in [-0.15, -0.1) is 0 Å². The summed E-state index contributed by atoms with van der Waals surface area (Å²) in [4.78, 5) is 51.9. The molecule has 3 N–H and O–H groups in total. The van der Waals surface area contributed by atoms with Crippen molar-refractivity contribution >= 4 is 36.5 Å². The molecule has 0 spiro atoms. The van der Waals surface area contributed by atoms with Gasteiger partial charge in [0.05, 0.1) is 0 Å².